The van der Waals surface area contributed by atoms with Crippen molar-refractivity contribution in [3.63, 3.8) is 0 Å². The lowest BCUT2D eigenvalue weighted by Gasteiger charge is -2.33. The van der Waals surface area contributed by atoms with Crippen LogP contribution in [0.5, 0.6) is 0 Å². The molecular formula is C12H19ClN2OS. The lowest BCUT2D eigenvalue weighted by molar-refractivity contribution is 0.0661. The van der Waals surface area contributed by atoms with Crippen molar-refractivity contribution in [3.05, 3.63) is 21.4 Å². The molecular weight excluding hydrogens is 256 g/mol. The van der Waals surface area contributed by atoms with Gasteiger partial charge < -0.3 is 10.2 Å². The maximum Gasteiger partial charge on any atom is 0.264 e. The maximum atomic E-state index is 12.3. The molecule has 1 aromatic rings. The van der Waals surface area contributed by atoms with Crippen LogP contribution in [0.15, 0.2) is 6.07 Å². The molecule has 1 aromatic heterocycles. The lowest BCUT2D eigenvalue weighted by Crippen LogP contribution is -2.52. The van der Waals surface area contributed by atoms with Gasteiger partial charge in [0.05, 0.1) is 4.88 Å². The lowest BCUT2D eigenvalue weighted by atomic mass is 10.2. The van der Waals surface area contributed by atoms with Crippen LogP contribution in [0.25, 0.3) is 0 Å². The number of aryl methyl sites for hydroxylation is 2. The monoisotopic (exact) mass is 274 g/mol. The highest BCUT2D eigenvalue weighted by molar-refractivity contribution is 7.14. The molecule has 1 saturated heterocycles. The van der Waals surface area contributed by atoms with Gasteiger partial charge >= 0.3 is 0 Å². The van der Waals surface area contributed by atoms with Crippen molar-refractivity contribution in [2.24, 2.45) is 0 Å². The second kappa shape index (κ2) is 5.85. The molecule has 2 heterocycles. The molecule has 5 heteroatoms. The van der Waals surface area contributed by atoms with Crippen molar-refractivity contribution in [1.82, 2.24) is 10.2 Å². The van der Waals surface area contributed by atoms with E-state index in [0.717, 1.165) is 24.5 Å². The van der Waals surface area contributed by atoms with Gasteiger partial charge in [-0.25, -0.2) is 0 Å². The zero-order valence-corrected chi connectivity index (χ0v) is 12.1. The maximum absolute atomic E-state index is 12.3. The summed E-state index contributed by atoms with van der Waals surface area (Å²) in [4.78, 5) is 16.4. The van der Waals surface area contributed by atoms with E-state index >= 15 is 0 Å². The molecule has 96 valence electrons. The quantitative estimate of drug-likeness (QED) is 0.852. The Hall–Kier alpha value is -0.580. The first-order valence-electron chi connectivity index (χ1n) is 5.68. The van der Waals surface area contributed by atoms with Gasteiger partial charge in [-0.1, -0.05) is 0 Å². The summed E-state index contributed by atoms with van der Waals surface area (Å²) in [5.74, 6) is 0.190. The van der Waals surface area contributed by atoms with Gasteiger partial charge in [-0.05, 0) is 32.4 Å². The Morgan fingerprint density at radius 1 is 1.53 bits per heavy atom. The van der Waals surface area contributed by atoms with E-state index in [-0.39, 0.29) is 18.3 Å². The normalized spacial score (nSPS) is 19.9. The minimum Gasteiger partial charge on any atom is -0.333 e. The fourth-order valence-electron chi connectivity index (χ4n) is 1.96. The van der Waals surface area contributed by atoms with Gasteiger partial charge in [0.2, 0.25) is 0 Å². The number of amides is 1. The molecule has 1 N–H and O–H groups in total. The van der Waals surface area contributed by atoms with Crippen LogP contribution in [0.3, 0.4) is 0 Å². The van der Waals surface area contributed by atoms with E-state index in [1.165, 1.54) is 10.4 Å². The largest absolute Gasteiger partial charge is 0.333 e. The Morgan fingerprint density at radius 3 is 2.76 bits per heavy atom. The summed E-state index contributed by atoms with van der Waals surface area (Å²) in [6.07, 6.45) is 0. The van der Waals surface area contributed by atoms with Crippen LogP contribution in [0.1, 0.15) is 27.0 Å². The van der Waals surface area contributed by atoms with Crippen LogP contribution in [-0.4, -0.2) is 36.5 Å². The first kappa shape index (κ1) is 14.5. The van der Waals surface area contributed by atoms with Gasteiger partial charge in [0, 0.05) is 30.6 Å². The van der Waals surface area contributed by atoms with Crippen LogP contribution >= 0.6 is 23.7 Å². The zero-order valence-electron chi connectivity index (χ0n) is 10.4. The summed E-state index contributed by atoms with van der Waals surface area (Å²) in [5.41, 5.74) is 1.22. The second-order valence-electron chi connectivity index (χ2n) is 4.40. The summed E-state index contributed by atoms with van der Waals surface area (Å²) >= 11 is 1.61. The van der Waals surface area contributed by atoms with E-state index in [1.54, 1.807) is 11.3 Å². The number of hydrogen-bond donors (Lipinski definition) is 1. The van der Waals surface area contributed by atoms with Crippen LogP contribution in [0.2, 0.25) is 0 Å². The average molecular weight is 275 g/mol. The summed E-state index contributed by atoms with van der Waals surface area (Å²) in [7, 11) is 0. The molecule has 2 rings (SSSR count). The van der Waals surface area contributed by atoms with Gasteiger partial charge in [-0.2, -0.15) is 0 Å². The van der Waals surface area contributed by atoms with Crippen molar-refractivity contribution in [2.75, 3.05) is 19.6 Å². The highest BCUT2D eigenvalue weighted by Crippen LogP contribution is 2.23. The van der Waals surface area contributed by atoms with Gasteiger partial charge in [-0.3, -0.25) is 4.79 Å². The average Bonchev–Trinajstić information content (AvgIpc) is 2.59. The molecule has 0 saturated carbocycles. The number of rotatable bonds is 1. The molecule has 1 amide bonds. The fourth-order valence-corrected chi connectivity index (χ4v) is 2.95. The van der Waals surface area contributed by atoms with Gasteiger partial charge in [0.15, 0.2) is 0 Å². The van der Waals surface area contributed by atoms with Crippen LogP contribution < -0.4 is 5.32 Å². The molecule has 1 atom stereocenters. The van der Waals surface area contributed by atoms with Crippen molar-refractivity contribution in [3.8, 4) is 0 Å². The number of thiophene rings is 1. The predicted molar refractivity (Wildman–Crippen MR) is 74.4 cm³/mol. The van der Waals surface area contributed by atoms with Gasteiger partial charge in [0.25, 0.3) is 5.91 Å². The summed E-state index contributed by atoms with van der Waals surface area (Å²) in [5, 5.41) is 3.30. The third-order valence-electron chi connectivity index (χ3n) is 3.14. The topological polar surface area (TPSA) is 32.3 Å². The van der Waals surface area contributed by atoms with E-state index in [1.807, 2.05) is 11.0 Å². The highest BCUT2D eigenvalue weighted by atomic mass is 35.5. The Bertz CT molecular complexity index is 386. The second-order valence-corrected chi connectivity index (χ2v) is 5.66. The molecule has 17 heavy (non-hydrogen) atoms. The number of nitrogens with one attached hydrogen (secondary N) is 1. The van der Waals surface area contributed by atoms with E-state index in [0.29, 0.717) is 6.04 Å². The SMILES string of the molecule is Cc1cc(C(=O)N2CCNCC2C)sc1C.Cl. The Morgan fingerprint density at radius 2 is 2.24 bits per heavy atom. The standard InChI is InChI=1S/C12H18N2OS.ClH/c1-8-6-11(16-10(8)3)12(15)14-5-4-13-7-9(14)2;/h6,9,13H,4-5,7H2,1-3H3;1H. The number of hydrogen-bond acceptors (Lipinski definition) is 3. The third-order valence-corrected chi connectivity index (χ3v) is 4.28. The number of piperazine rings is 1. The minimum atomic E-state index is 0. The molecule has 1 unspecified atom stereocenters. The highest BCUT2D eigenvalue weighted by Gasteiger charge is 2.25. The Kier molecular flexibility index (Phi) is 4.98. The van der Waals surface area contributed by atoms with E-state index in [9.17, 15) is 4.79 Å². The van der Waals surface area contributed by atoms with E-state index in [2.05, 4.69) is 26.1 Å². The smallest absolute Gasteiger partial charge is 0.264 e. The van der Waals surface area contributed by atoms with Crippen molar-refractivity contribution < 1.29 is 4.79 Å². The van der Waals surface area contributed by atoms with Crippen molar-refractivity contribution in [2.45, 2.75) is 26.8 Å². The molecule has 1 aliphatic rings. The van der Waals surface area contributed by atoms with Gasteiger partial charge in [-0.15, -0.1) is 23.7 Å². The minimum absolute atomic E-state index is 0. The van der Waals surface area contributed by atoms with Gasteiger partial charge in [0.1, 0.15) is 0 Å². The van der Waals surface area contributed by atoms with Crippen LogP contribution in [0, 0.1) is 13.8 Å². The third kappa shape index (κ3) is 3.00. The first-order valence-corrected chi connectivity index (χ1v) is 6.50. The summed E-state index contributed by atoms with van der Waals surface area (Å²) in [6.45, 7) is 8.84. The summed E-state index contributed by atoms with van der Waals surface area (Å²) in [6, 6.07) is 2.31. The Balaban J connectivity index is 0.00000144. The fraction of sp³-hybridized carbons (Fsp3) is 0.583. The van der Waals surface area contributed by atoms with Crippen molar-refractivity contribution in [1.29, 1.82) is 0 Å². The zero-order chi connectivity index (χ0) is 11.7. The summed E-state index contributed by atoms with van der Waals surface area (Å²) < 4.78 is 0. The number of carbonyl (C=O) groups excluding carboxylic acids is 1. The molecule has 1 fully saturated rings. The number of halogens is 1. The number of carbonyl (C=O) groups is 1. The molecule has 3 nitrogen and oxygen atoms in total. The van der Waals surface area contributed by atoms with Crippen LogP contribution in [-0.2, 0) is 0 Å². The Labute approximate surface area is 113 Å². The molecule has 0 bridgehead atoms. The molecule has 0 spiro atoms. The molecule has 0 radical (unpaired) electrons. The molecule has 0 aliphatic carbocycles. The molecule has 1 aliphatic heterocycles. The molecule has 0 aromatic carbocycles. The van der Waals surface area contributed by atoms with Crippen LogP contribution in [0.4, 0.5) is 0 Å². The van der Waals surface area contributed by atoms with E-state index < -0.39 is 0 Å². The van der Waals surface area contributed by atoms with E-state index in [4.69, 9.17) is 0 Å². The van der Waals surface area contributed by atoms with Crippen molar-refractivity contribution >= 4 is 29.7 Å². The predicted octanol–water partition coefficient (Wildman–Crippen LogP) is 2.22. The number of nitrogens with zero attached hydrogens (tertiary/aromatic N) is 1. The first-order chi connectivity index (χ1) is 7.59.